The van der Waals surface area contributed by atoms with Gasteiger partial charge in [0.25, 0.3) is 0 Å². The summed E-state index contributed by atoms with van der Waals surface area (Å²) in [6.07, 6.45) is 15.9. The summed E-state index contributed by atoms with van der Waals surface area (Å²) in [5, 5.41) is 0.180. The standard InChI is InChI=1S/C19H36Cl2O2/c1-3-4-5-6-7-8-11-14-17(20)18(21)15-12-9-10-13-16-19(22)23-2/h17-18H,3-16H2,1-2H3/t17-,18+/m0/s1. The summed E-state index contributed by atoms with van der Waals surface area (Å²) in [6.45, 7) is 2.25. The molecular weight excluding hydrogens is 331 g/mol. The smallest absolute Gasteiger partial charge is 0.305 e. The second-order valence-electron chi connectivity index (χ2n) is 6.47. The fourth-order valence-electron chi connectivity index (χ4n) is 2.72. The van der Waals surface area contributed by atoms with Gasteiger partial charge in [0.2, 0.25) is 0 Å². The van der Waals surface area contributed by atoms with Crippen molar-refractivity contribution in [2.75, 3.05) is 7.11 Å². The first-order valence-corrected chi connectivity index (χ1v) is 10.3. The average Bonchev–Trinajstić information content (AvgIpc) is 2.56. The van der Waals surface area contributed by atoms with E-state index in [1.165, 1.54) is 52.1 Å². The molecule has 0 bridgehead atoms. The molecule has 2 nitrogen and oxygen atoms in total. The van der Waals surface area contributed by atoms with E-state index in [0.717, 1.165) is 38.5 Å². The number of carbonyl (C=O) groups is 1. The minimum Gasteiger partial charge on any atom is -0.469 e. The molecule has 23 heavy (non-hydrogen) atoms. The SMILES string of the molecule is CCCCCCCCC[C@H](Cl)[C@H](Cl)CCCCCCC(=O)OC. The summed E-state index contributed by atoms with van der Waals surface area (Å²) in [5.41, 5.74) is 0. The molecule has 0 saturated carbocycles. The van der Waals surface area contributed by atoms with E-state index < -0.39 is 0 Å². The summed E-state index contributed by atoms with van der Waals surface area (Å²) in [5.74, 6) is -0.115. The van der Waals surface area contributed by atoms with Crippen LogP contribution in [0.2, 0.25) is 0 Å². The van der Waals surface area contributed by atoms with Gasteiger partial charge in [-0.2, -0.15) is 0 Å². The van der Waals surface area contributed by atoms with Gasteiger partial charge in [-0.25, -0.2) is 0 Å². The highest BCUT2D eigenvalue weighted by molar-refractivity contribution is 6.29. The van der Waals surface area contributed by atoms with Crippen molar-refractivity contribution >= 4 is 29.2 Å². The maximum atomic E-state index is 11.0. The highest BCUT2D eigenvalue weighted by atomic mass is 35.5. The van der Waals surface area contributed by atoms with Crippen LogP contribution in [0.15, 0.2) is 0 Å². The normalized spacial score (nSPS) is 13.7. The van der Waals surface area contributed by atoms with Crippen molar-refractivity contribution < 1.29 is 9.53 Å². The maximum absolute atomic E-state index is 11.0. The van der Waals surface area contributed by atoms with Crippen molar-refractivity contribution in [3.8, 4) is 0 Å². The Balaban J connectivity index is 3.41. The number of alkyl halides is 2. The molecule has 0 aromatic rings. The van der Waals surface area contributed by atoms with Gasteiger partial charge < -0.3 is 4.74 Å². The van der Waals surface area contributed by atoms with E-state index in [2.05, 4.69) is 11.7 Å². The van der Waals surface area contributed by atoms with Crippen LogP contribution in [0.4, 0.5) is 0 Å². The number of carbonyl (C=O) groups excluding carboxylic acids is 1. The Morgan fingerprint density at radius 1 is 0.783 bits per heavy atom. The lowest BCUT2D eigenvalue weighted by Gasteiger charge is -2.16. The molecule has 2 atom stereocenters. The van der Waals surface area contributed by atoms with Crippen molar-refractivity contribution in [1.82, 2.24) is 0 Å². The van der Waals surface area contributed by atoms with Gasteiger partial charge in [-0.05, 0) is 19.3 Å². The molecule has 0 radical (unpaired) electrons. The predicted molar refractivity (Wildman–Crippen MR) is 102 cm³/mol. The van der Waals surface area contributed by atoms with Crippen molar-refractivity contribution in [2.24, 2.45) is 0 Å². The molecule has 0 aromatic carbocycles. The van der Waals surface area contributed by atoms with Crippen LogP contribution in [0.3, 0.4) is 0 Å². The Bertz CT molecular complexity index is 272. The lowest BCUT2D eigenvalue weighted by atomic mass is 10.0. The van der Waals surface area contributed by atoms with E-state index in [0.29, 0.717) is 6.42 Å². The van der Waals surface area contributed by atoms with E-state index in [9.17, 15) is 4.79 Å². The predicted octanol–water partition coefficient (Wildman–Crippen LogP) is 6.86. The molecule has 0 fully saturated rings. The number of ether oxygens (including phenoxy) is 1. The summed E-state index contributed by atoms with van der Waals surface area (Å²) >= 11 is 12.8. The molecule has 0 heterocycles. The molecule has 0 saturated heterocycles. The number of rotatable bonds is 16. The molecule has 0 aliphatic carbocycles. The summed E-state index contributed by atoms with van der Waals surface area (Å²) < 4.78 is 4.62. The monoisotopic (exact) mass is 366 g/mol. The third kappa shape index (κ3) is 15.3. The van der Waals surface area contributed by atoms with E-state index in [1.54, 1.807) is 0 Å². The Hall–Kier alpha value is 0.0500. The summed E-state index contributed by atoms with van der Waals surface area (Å²) in [6, 6.07) is 0. The van der Waals surface area contributed by atoms with E-state index in [1.807, 2.05) is 0 Å². The zero-order valence-electron chi connectivity index (χ0n) is 15.1. The molecule has 0 unspecified atom stereocenters. The number of hydrogen-bond donors (Lipinski definition) is 0. The molecule has 0 spiro atoms. The molecule has 0 rings (SSSR count). The highest BCUT2D eigenvalue weighted by Gasteiger charge is 2.15. The summed E-state index contributed by atoms with van der Waals surface area (Å²) in [4.78, 5) is 11.0. The first-order valence-electron chi connectivity index (χ1n) is 9.46. The molecule has 0 N–H and O–H groups in total. The van der Waals surface area contributed by atoms with E-state index in [-0.39, 0.29) is 16.7 Å². The molecular formula is C19H36Cl2O2. The first-order chi connectivity index (χ1) is 11.1. The van der Waals surface area contributed by atoms with Crippen molar-refractivity contribution in [1.29, 1.82) is 0 Å². The van der Waals surface area contributed by atoms with E-state index >= 15 is 0 Å². The zero-order valence-corrected chi connectivity index (χ0v) is 16.6. The Morgan fingerprint density at radius 3 is 1.70 bits per heavy atom. The van der Waals surface area contributed by atoms with E-state index in [4.69, 9.17) is 23.2 Å². The molecule has 0 amide bonds. The topological polar surface area (TPSA) is 26.3 Å². The third-order valence-corrected chi connectivity index (χ3v) is 5.49. The lowest BCUT2D eigenvalue weighted by molar-refractivity contribution is -0.140. The van der Waals surface area contributed by atoms with Crippen LogP contribution >= 0.6 is 23.2 Å². The Morgan fingerprint density at radius 2 is 1.22 bits per heavy atom. The van der Waals surface area contributed by atoms with Gasteiger partial charge >= 0.3 is 5.97 Å². The van der Waals surface area contributed by atoms with Gasteiger partial charge in [-0.15, -0.1) is 23.2 Å². The molecule has 0 aromatic heterocycles. The van der Waals surface area contributed by atoms with Crippen LogP contribution in [0.25, 0.3) is 0 Å². The molecule has 0 aliphatic rings. The highest BCUT2D eigenvalue weighted by Crippen LogP contribution is 2.23. The molecule has 138 valence electrons. The Labute approximate surface area is 153 Å². The minimum absolute atomic E-state index is 0.0809. The number of hydrogen-bond acceptors (Lipinski definition) is 2. The van der Waals surface area contributed by atoms with Gasteiger partial charge in [0.1, 0.15) is 0 Å². The van der Waals surface area contributed by atoms with Crippen LogP contribution < -0.4 is 0 Å². The van der Waals surface area contributed by atoms with Gasteiger partial charge in [0.15, 0.2) is 0 Å². The average molecular weight is 367 g/mol. The maximum Gasteiger partial charge on any atom is 0.305 e. The van der Waals surface area contributed by atoms with Gasteiger partial charge in [0.05, 0.1) is 7.11 Å². The van der Waals surface area contributed by atoms with Gasteiger partial charge in [-0.3, -0.25) is 4.79 Å². The number of halogens is 2. The Kier molecular flexibility index (Phi) is 16.9. The second kappa shape index (κ2) is 16.9. The largest absolute Gasteiger partial charge is 0.469 e. The minimum atomic E-state index is -0.115. The molecule has 0 aliphatic heterocycles. The third-order valence-electron chi connectivity index (χ3n) is 4.31. The fraction of sp³-hybridized carbons (Fsp3) is 0.947. The number of unbranched alkanes of at least 4 members (excludes halogenated alkanes) is 9. The van der Waals surface area contributed by atoms with Crippen molar-refractivity contribution in [2.45, 2.75) is 108 Å². The fourth-order valence-corrected chi connectivity index (χ4v) is 3.28. The lowest BCUT2D eigenvalue weighted by Crippen LogP contribution is -2.14. The van der Waals surface area contributed by atoms with Crippen LogP contribution in [0.1, 0.15) is 96.8 Å². The zero-order chi connectivity index (χ0) is 17.3. The quantitative estimate of drug-likeness (QED) is 0.169. The number of esters is 1. The van der Waals surface area contributed by atoms with Gasteiger partial charge in [0, 0.05) is 17.2 Å². The van der Waals surface area contributed by atoms with Crippen LogP contribution in [0.5, 0.6) is 0 Å². The van der Waals surface area contributed by atoms with Gasteiger partial charge in [-0.1, -0.05) is 71.1 Å². The van der Waals surface area contributed by atoms with Crippen LogP contribution in [0, 0.1) is 0 Å². The first kappa shape index (κ1) is 23.1. The molecule has 4 heteroatoms. The van der Waals surface area contributed by atoms with Crippen molar-refractivity contribution in [3.63, 3.8) is 0 Å². The van der Waals surface area contributed by atoms with Crippen LogP contribution in [-0.4, -0.2) is 23.8 Å². The van der Waals surface area contributed by atoms with Crippen LogP contribution in [-0.2, 0) is 9.53 Å². The van der Waals surface area contributed by atoms with Crippen molar-refractivity contribution in [3.05, 3.63) is 0 Å². The summed E-state index contributed by atoms with van der Waals surface area (Å²) in [7, 11) is 1.44. The number of methoxy groups -OCH3 is 1. The second-order valence-corrected chi connectivity index (χ2v) is 7.59.